The van der Waals surface area contributed by atoms with E-state index in [1.54, 1.807) is 0 Å². The van der Waals surface area contributed by atoms with Gasteiger partial charge < -0.3 is 14.2 Å². The molecule has 0 radical (unpaired) electrons. The minimum Gasteiger partial charge on any atom is -0.494 e. The van der Waals surface area contributed by atoms with E-state index in [4.69, 9.17) is 19.2 Å². The number of rotatable bonds is 9. The summed E-state index contributed by atoms with van der Waals surface area (Å²) in [7, 11) is 0. The first-order valence-electron chi connectivity index (χ1n) is 12.5. The highest BCUT2D eigenvalue weighted by Gasteiger charge is 2.27. The maximum atomic E-state index is 14.3. The fourth-order valence-electron chi connectivity index (χ4n) is 4.50. The van der Waals surface area contributed by atoms with Crippen molar-refractivity contribution in [3.05, 3.63) is 60.2 Å². The number of nitrogens with zero attached hydrogens (tertiary/aromatic N) is 3. The lowest BCUT2D eigenvalue weighted by atomic mass is 10.0. The summed E-state index contributed by atoms with van der Waals surface area (Å²) >= 11 is 1.51. The van der Waals surface area contributed by atoms with Crippen molar-refractivity contribution in [3.8, 4) is 11.5 Å². The number of hydrogen-bond acceptors (Lipinski definition) is 7. The van der Waals surface area contributed by atoms with E-state index in [0.29, 0.717) is 49.4 Å². The molecule has 3 aromatic carbocycles. The number of thiazole rings is 1. The number of morpholine rings is 1. The first-order chi connectivity index (χ1) is 17.7. The van der Waals surface area contributed by atoms with Gasteiger partial charge in [0, 0.05) is 26.2 Å². The van der Waals surface area contributed by atoms with Gasteiger partial charge in [-0.05, 0) is 48.9 Å². The molecule has 188 valence electrons. The zero-order valence-corrected chi connectivity index (χ0v) is 21.6. The van der Waals surface area contributed by atoms with Crippen LogP contribution in [-0.2, 0) is 4.74 Å². The van der Waals surface area contributed by atoms with Crippen LogP contribution in [0.25, 0.3) is 21.0 Å². The van der Waals surface area contributed by atoms with Crippen molar-refractivity contribution in [1.82, 2.24) is 9.88 Å². The average molecular weight is 506 g/mol. The average Bonchev–Trinajstić information content (AvgIpc) is 3.32. The maximum absolute atomic E-state index is 14.3. The Balaban J connectivity index is 1.56. The standard InChI is InChI=1S/C28H31N3O4S/c1-3-34-21-10-11-23-25(19-21)36-28(29-23)31(14-13-30-15-17-33-18-16-30)27(32)26-22-8-6-5-7-20(22)9-12-24(26)35-4-2/h5-12,19H,3-4,13-18H2,1-2H3. The predicted molar refractivity (Wildman–Crippen MR) is 145 cm³/mol. The number of ether oxygens (including phenoxy) is 3. The third kappa shape index (κ3) is 5.16. The normalized spacial score (nSPS) is 14.3. The first kappa shape index (κ1) is 24.5. The van der Waals surface area contributed by atoms with Crippen LogP contribution in [0, 0.1) is 0 Å². The van der Waals surface area contributed by atoms with Crippen LogP contribution in [0.2, 0.25) is 0 Å². The zero-order chi connectivity index (χ0) is 24.9. The Labute approximate surface area is 215 Å². The van der Waals surface area contributed by atoms with E-state index in [1.165, 1.54) is 11.3 Å². The molecule has 0 spiro atoms. The van der Waals surface area contributed by atoms with Gasteiger partial charge in [-0.15, -0.1) is 0 Å². The van der Waals surface area contributed by atoms with Gasteiger partial charge in [0.05, 0.1) is 42.2 Å². The van der Waals surface area contributed by atoms with E-state index in [9.17, 15) is 4.79 Å². The van der Waals surface area contributed by atoms with Crippen LogP contribution in [-0.4, -0.2) is 68.4 Å². The molecule has 7 nitrogen and oxygen atoms in total. The van der Waals surface area contributed by atoms with E-state index < -0.39 is 0 Å². The molecule has 1 amide bonds. The van der Waals surface area contributed by atoms with Crippen LogP contribution in [0.15, 0.2) is 54.6 Å². The van der Waals surface area contributed by atoms with E-state index in [1.807, 2.05) is 73.3 Å². The Hall–Kier alpha value is -3.20. The molecule has 1 aliphatic rings. The van der Waals surface area contributed by atoms with Crippen molar-refractivity contribution in [3.63, 3.8) is 0 Å². The number of anilines is 1. The molecule has 0 aliphatic carbocycles. The van der Waals surface area contributed by atoms with Gasteiger partial charge >= 0.3 is 0 Å². The number of aromatic nitrogens is 1. The van der Waals surface area contributed by atoms with Crippen molar-refractivity contribution in [2.75, 3.05) is 57.5 Å². The largest absolute Gasteiger partial charge is 0.494 e. The Morgan fingerprint density at radius 1 is 1.06 bits per heavy atom. The predicted octanol–water partition coefficient (Wildman–Crippen LogP) is 5.23. The van der Waals surface area contributed by atoms with Crippen LogP contribution in [0.5, 0.6) is 11.5 Å². The molecule has 0 bridgehead atoms. The SMILES string of the molecule is CCOc1ccc2nc(N(CCN3CCOCC3)C(=O)c3c(OCC)ccc4ccccc34)sc2c1. The fourth-order valence-corrected chi connectivity index (χ4v) is 5.52. The summed E-state index contributed by atoms with van der Waals surface area (Å²) in [6, 6.07) is 17.7. The lowest BCUT2D eigenvalue weighted by molar-refractivity contribution is 0.0391. The number of benzene rings is 3. The Kier molecular flexibility index (Phi) is 7.65. The van der Waals surface area contributed by atoms with Crippen molar-refractivity contribution in [1.29, 1.82) is 0 Å². The second-order valence-electron chi connectivity index (χ2n) is 8.56. The molecule has 0 saturated carbocycles. The molecule has 0 N–H and O–H groups in total. The maximum Gasteiger partial charge on any atom is 0.264 e. The van der Waals surface area contributed by atoms with Gasteiger partial charge in [0.15, 0.2) is 5.13 Å². The van der Waals surface area contributed by atoms with Gasteiger partial charge in [0.2, 0.25) is 0 Å². The second kappa shape index (κ2) is 11.2. The Morgan fingerprint density at radius 2 is 1.86 bits per heavy atom. The van der Waals surface area contributed by atoms with Crippen LogP contribution >= 0.6 is 11.3 Å². The summed E-state index contributed by atoms with van der Waals surface area (Å²) in [6.45, 7) is 9.39. The van der Waals surface area contributed by atoms with Crippen molar-refractivity contribution >= 4 is 43.4 Å². The van der Waals surface area contributed by atoms with Crippen molar-refractivity contribution in [2.45, 2.75) is 13.8 Å². The molecule has 5 rings (SSSR count). The van der Waals surface area contributed by atoms with E-state index >= 15 is 0 Å². The topological polar surface area (TPSA) is 64.1 Å². The highest BCUT2D eigenvalue weighted by molar-refractivity contribution is 7.22. The zero-order valence-electron chi connectivity index (χ0n) is 20.7. The Morgan fingerprint density at radius 3 is 2.67 bits per heavy atom. The van der Waals surface area contributed by atoms with E-state index in [-0.39, 0.29) is 5.91 Å². The van der Waals surface area contributed by atoms with E-state index in [2.05, 4.69) is 4.90 Å². The summed E-state index contributed by atoms with van der Waals surface area (Å²) in [4.78, 5) is 23.3. The molecule has 0 atom stereocenters. The number of fused-ring (bicyclic) bond motifs is 2. The van der Waals surface area contributed by atoms with Gasteiger partial charge in [-0.25, -0.2) is 4.98 Å². The van der Waals surface area contributed by atoms with Crippen LogP contribution in [0.3, 0.4) is 0 Å². The Bertz CT molecular complexity index is 1350. The van der Waals surface area contributed by atoms with Crippen molar-refractivity contribution < 1.29 is 19.0 Å². The third-order valence-electron chi connectivity index (χ3n) is 6.28. The number of carbonyl (C=O) groups is 1. The molecule has 36 heavy (non-hydrogen) atoms. The van der Waals surface area contributed by atoms with Crippen LogP contribution < -0.4 is 14.4 Å². The lowest BCUT2D eigenvalue weighted by Gasteiger charge is -2.29. The summed E-state index contributed by atoms with van der Waals surface area (Å²) < 4.78 is 18.1. The summed E-state index contributed by atoms with van der Waals surface area (Å²) in [6.07, 6.45) is 0. The highest BCUT2D eigenvalue weighted by Crippen LogP contribution is 2.35. The molecule has 1 aliphatic heterocycles. The molecule has 1 saturated heterocycles. The van der Waals surface area contributed by atoms with Gasteiger partial charge in [0.25, 0.3) is 5.91 Å². The molecular weight excluding hydrogens is 474 g/mol. The summed E-state index contributed by atoms with van der Waals surface area (Å²) in [5.41, 5.74) is 1.43. The molecule has 8 heteroatoms. The van der Waals surface area contributed by atoms with Gasteiger partial charge in [-0.3, -0.25) is 14.6 Å². The molecule has 0 unspecified atom stereocenters. The third-order valence-corrected chi connectivity index (χ3v) is 7.32. The van der Waals surface area contributed by atoms with E-state index in [0.717, 1.165) is 46.4 Å². The second-order valence-corrected chi connectivity index (χ2v) is 9.57. The quantitative estimate of drug-likeness (QED) is 0.311. The minimum atomic E-state index is -0.104. The van der Waals surface area contributed by atoms with Crippen LogP contribution in [0.1, 0.15) is 24.2 Å². The fraction of sp³-hybridized carbons (Fsp3) is 0.357. The molecule has 1 aromatic heterocycles. The van der Waals surface area contributed by atoms with Gasteiger partial charge in [-0.2, -0.15) is 0 Å². The minimum absolute atomic E-state index is 0.104. The number of hydrogen-bond donors (Lipinski definition) is 0. The molecule has 1 fully saturated rings. The number of amides is 1. The van der Waals surface area contributed by atoms with Gasteiger partial charge in [0.1, 0.15) is 11.5 Å². The number of carbonyl (C=O) groups excluding carboxylic acids is 1. The van der Waals surface area contributed by atoms with Gasteiger partial charge in [-0.1, -0.05) is 41.7 Å². The smallest absolute Gasteiger partial charge is 0.264 e. The molecule has 4 aromatic rings. The highest BCUT2D eigenvalue weighted by atomic mass is 32.1. The van der Waals surface area contributed by atoms with Crippen LogP contribution in [0.4, 0.5) is 5.13 Å². The summed E-state index contributed by atoms with van der Waals surface area (Å²) in [5, 5.41) is 2.56. The summed E-state index contributed by atoms with van der Waals surface area (Å²) in [5.74, 6) is 1.30. The molecule has 2 heterocycles. The lowest BCUT2D eigenvalue weighted by Crippen LogP contribution is -2.43. The monoisotopic (exact) mass is 505 g/mol. The first-order valence-corrected chi connectivity index (χ1v) is 13.3. The van der Waals surface area contributed by atoms with Crippen molar-refractivity contribution in [2.24, 2.45) is 0 Å². The molecular formula is C28H31N3O4S.